The summed E-state index contributed by atoms with van der Waals surface area (Å²) < 4.78 is 4.93. The van der Waals surface area contributed by atoms with Crippen molar-refractivity contribution in [3.63, 3.8) is 0 Å². The standard InChI is InChI=1S/C10H14N2O4/c1-5-8(6(2)16-12-5)4-9(10(14)15)11-7(3)13/h9H,4H2,1-3H3,(H,11,13)(H,14,15)/t9-/m1/s1. The number of carbonyl (C=O) groups excluding carboxylic acids is 1. The molecule has 0 aromatic carbocycles. The Bertz CT molecular complexity index is 391. The van der Waals surface area contributed by atoms with E-state index in [0.29, 0.717) is 11.5 Å². The Morgan fingerprint density at radius 2 is 2.12 bits per heavy atom. The average molecular weight is 226 g/mol. The molecule has 0 saturated heterocycles. The van der Waals surface area contributed by atoms with Gasteiger partial charge in [0.1, 0.15) is 11.8 Å². The van der Waals surface area contributed by atoms with Crippen molar-refractivity contribution in [1.29, 1.82) is 0 Å². The van der Waals surface area contributed by atoms with Crippen molar-refractivity contribution in [1.82, 2.24) is 10.5 Å². The summed E-state index contributed by atoms with van der Waals surface area (Å²) >= 11 is 0. The highest BCUT2D eigenvalue weighted by Gasteiger charge is 2.22. The molecular formula is C10H14N2O4. The van der Waals surface area contributed by atoms with Crippen molar-refractivity contribution in [2.45, 2.75) is 33.2 Å². The first-order valence-electron chi connectivity index (χ1n) is 4.83. The average Bonchev–Trinajstić information content (AvgIpc) is 2.47. The quantitative estimate of drug-likeness (QED) is 0.776. The summed E-state index contributed by atoms with van der Waals surface area (Å²) in [6.45, 7) is 4.73. The van der Waals surface area contributed by atoms with E-state index in [0.717, 1.165) is 5.56 Å². The molecule has 0 saturated carbocycles. The van der Waals surface area contributed by atoms with E-state index < -0.39 is 12.0 Å². The highest BCUT2D eigenvalue weighted by atomic mass is 16.5. The number of nitrogens with one attached hydrogen (secondary N) is 1. The largest absolute Gasteiger partial charge is 0.480 e. The minimum Gasteiger partial charge on any atom is -0.480 e. The van der Waals surface area contributed by atoms with E-state index in [4.69, 9.17) is 9.63 Å². The fraction of sp³-hybridized carbons (Fsp3) is 0.500. The molecule has 88 valence electrons. The van der Waals surface area contributed by atoms with Gasteiger partial charge in [-0.05, 0) is 13.8 Å². The zero-order chi connectivity index (χ0) is 12.3. The fourth-order valence-corrected chi connectivity index (χ4v) is 1.44. The molecule has 1 atom stereocenters. The van der Waals surface area contributed by atoms with Gasteiger partial charge in [-0.2, -0.15) is 0 Å². The predicted octanol–water partition coefficient (Wildman–Crippen LogP) is 0.423. The monoisotopic (exact) mass is 226 g/mol. The van der Waals surface area contributed by atoms with Gasteiger partial charge in [0.25, 0.3) is 0 Å². The number of carboxylic acids is 1. The summed E-state index contributed by atoms with van der Waals surface area (Å²) in [5, 5.41) is 15.0. The number of nitrogens with zero attached hydrogens (tertiary/aromatic N) is 1. The van der Waals surface area contributed by atoms with Crippen LogP contribution in [0.2, 0.25) is 0 Å². The van der Waals surface area contributed by atoms with Gasteiger partial charge < -0.3 is 14.9 Å². The van der Waals surface area contributed by atoms with Crippen LogP contribution in [0, 0.1) is 13.8 Å². The lowest BCUT2D eigenvalue weighted by atomic mass is 10.0. The molecule has 6 heteroatoms. The number of aryl methyl sites for hydroxylation is 2. The summed E-state index contributed by atoms with van der Waals surface area (Å²) in [6.07, 6.45) is 0.177. The van der Waals surface area contributed by atoms with Crippen LogP contribution < -0.4 is 5.32 Å². The lowest BCUT2D eigenvalue weighted by Gasteiger charge is -2.12. The zero-order valence-electron chi connectivity index (χ0n) is 9.40. The lowest BCUT2D eigenvalue weighted by Crippen LogP contribution is -2.41. The Morgan fingerprint density at radius 1 is 1.50 bits per heavy atom. The lowest BCUT2D eigenvalue weighted by molar-refractivity contribution is -0.141. The first-order chi connectivity index (χ1) is 7.41. The van der Waals surface area contributed by atoms with E-state index in [1.165, 1.54) is 6.92 Å². The molecule has 0 aliphatic rings. The van der Waals surface area contributed by atoms with Crippen LogP contribution in [0.25, 0.3) is 0 Å². The summed E-state index contributed by atoms with van der Waals surface area (Å²) in [4.78, 5) is 21.8. The SMILES string of the molecule is CC(=O)N[C@H](Cc1c(C)noc1C)C(=O)O. The summed E-state index contributed by atoms with van der Waals surface area (Å²) in [5.41, 5.74) is 1.37. The molecule has 0 aliphatic carbocycles. The van der Waals surface area contributed by atoms with Gasteiger partial charge in [0.2, 0.25) is 5.91 Å². The Morgan fingerprint density at radius 3 is 2.50 bits per heavy atom. The first-order valence-corrected chi connectivity index (χ1v) is 4.83. The second-order valence-electron chi connectivity index (χ2n) is 3.60. The van der Waals surface area contributed by atoms with Crippen molar-refractivity contribution in [3.05, 3.63) is 17.0 Å². The van der Waals surface area contributed by atoms with Crippen molar-refractivity contribution in [2.24, 2.45) is 0 Å². The van der Waals surface area contributed by atoms with E-state index in [9.17, 15) is 9.59 Å². The summed E-state index contributed by atoms with van der Waals surface area (Å²) in [6, 6.07) is -0.950. The van der Waals surface area contributed by atoms with E-state index in [1.54, 1.807) is 13.8 Å². The molecule has 1 rings (SSSR count). The minimum absolute atomic E-state index is 0.177. The van der Waals surface area contributed by atoms with Crippen LogP contribution >= 0.6 is 0 Å². The van der Waals surface area contributed by atoms with Crippen molar-refractivity contribution >= 4 is 11.9 Å². The first kappa shape index (κ1) is 12.2. The van der Waals surface area contributed by atoms with E-state index in [2.05, 4.69) is 10.5 Å². The number of rotatable bonds is 4. The van der Waals surface area contributed by atoms with Crippen LogP contribution in [0.4, 0.5) is 0 Å². The van der Waals surface area contributed by atoms with E-state index in [-0.39, 0.29) is 12.3 Å². The normalized spacial score (nSPS) is 12.2. The number of amides is 1. The van der Waals surface area contributed by atoms with Crippen LogP contribution in [0.1, 0.15) is 23.9 Å². The fourth-order valence-electron chi connectivity index (χ4n) is 1.44. The molecule has 0 fully saturated rings. The molecule has 1 heterocycles. The van der Waals surface area contributed by atoms with Gasteiger partial charge in [-0.25, -0.2) is 4.79 Å². The summed E-state index contributed by atoms with van der Waals surface area (Å²) in [5.74, 6) is -0.872. The smallest absolute Gasteiger partial charge is 0.326 e. The topological polar surface area (TPSA) is 92.4 Å². The van der Waals surface area contributed by atoms with Gasteiger partial charge in [0.05, 0.1) is 5.69 Å². The number of carbonyl (C=O) groups is 2. The van der Waals surface area contributed by atoms with Gasteiger partial charge in [0, 0.05) is 18.9 Å². The molecule has 0 spiro atoms. The molecule has 2 N–H and O–H groups in total. The Kier molecular flexibility index (Phi) is 3.65. The molecule has 0 unspecified atom stereocenters. The maximum Gasteiger partial charge on any atom is 0.326 e. The third-order valence-electron chi connectivity index (χ3n) is 2.27. The molecule has 6 nitrogen and oxygen atoms in total. The van der Waals surface area contributed by atoms with Crippen molar-refractivity contribution in [3.8, 4) is 0 Å². The van der Waals surface area contributed by atoms with E-state index in [1.807, 2.05) is 0 Å². The third kappa shape index (κ3) is 2.82. The number of hydrogen-bond donors (Lipinski definition) is 2. The number of hydrogen-bond acceptors (Lipinski definition) is 4. The number of aromatic nitrogens is 1. The second-order valence-corrected chi connectivity index (χ2v) is 3.60. The molecule has 0 aliphatic heterocycles. The summed E-state index contributed by atoms with van der Waals surface area (Å²) in [7, 11) is 0. The van der Waals surface area contributed by atoms with Crippen LogP contribution in [0.5, 0.6) is 0 Å². The minimum atomic E-state index is -1.07. The van der Waals surface area contributed by atoms with Gasteiger partial charge in [-0.3, -0.25) is 4.79 Å². The number of carboxylic acid groups (broad SMARTS) is 1. The van der Waals surface area contributed by atoms with Gasteiger partial charge >= 0.3 is 5.97 Å². The van der Waals surface area contributed by atoms with Crippen LogP contribution in [-0.2, 0) is 16.0 Å². The maximum atomic E-state index is 10.9. The van der Waals surface area contributed by atoms with E-state index >= 15 is 0 Å². The zero-order valence-corrected chi connectivity index (χ0v) is 9.40. The second kappa shape index (κ2) is 4.78. The highest BCUT2D eigenvalue weighted by molar-refractivity contribution is 5.82. The highest BCUT2D eigenvalue weighted by Crippen LogP contribution is 2.14. The van der Waals surface area contributed by atoms with Gasteiger partial charge in [-0.15, -0.1) is 0 Å². The molecule has 1 aromatic heterocycles. The van der Waals surface area contributed by atoms with Crippen LogP contribution in [-0.4, -0.2) is 28.2 Å². The van der Waals surface area contributed by atoms with Gasteiger partial charge in [0.15, 0.2) is 0 Å². The van der Waals surface area contributed by atoms with Gasteiger partial charge in [-0.1, -0.05) is 5.16 Å². The molecule has 0 bridgehead atoms. The molecule has 1 amide bonds. The number of aliphatic carboxylic acids is 1. The molecular weight excluding hydrogens is 212 g/mol. The molecule has 16 heavy (non-hydrogen) atoms. The Labute approximate surface area is 92.6 Å². The Balaban J connectivity index is 2.83. The van der Waals surface area contributed by atoms with Crippen molar-refractivity contribution < 1.29 is 19.2 Å². The Hall–Kier alpha value is -1.85. The molecule has 0 radical (unpaired) electrons. The predicted molar refractivity (Wildman–Crippen MR) is 54.9 cm³/mol. The van der Waals surface area contributed by atoms with Crippen LogP contribution in [0.15, 0.2) is 4.52 Å². The third-order valence-corrected chi connectivity index (χ3v) is 2.27. The molecule has 1 aromatic rings. The van der Waals surface area contributed by atoms with Crippen molar-refractivity contribution in [2.75, 3.05) is 0 Å². The maximum absolute atomic E-state index is 10.9. The van der Waals surface area contributed by atoms with Crippen LogP contribution in [0.3, 0.4) is 0 Å².